The van der Waals surface area contributed by atoms with Crippen molar-refractivity contribution in [3.05, 3.63) is 71.0 Å². The monoisotopic (exact) mass is 595 g/mol. The van der Waals surface area contributed by atoms with Gasteiger partial charge in [0.25, 0.3) is 0 Å². The number of rotatable bonds is 14. The average molecular weight is 596 g/mol. The molecule has 3 aromatic rings. The molecule has 2 N–H and O–H groups in total. The Bertz CT molecular complexity index is 1420. The van der Waals surface area contributed by atoms with Crippen molar-refractivity contribution in [3.63, 3.8) is 0 Å². The van der Waals surface area contributed by atoms with E-state index < -0.39 is 5.82 Å². The van der Waals surface area contributed by atoms with E-state index in [-0.39, 0.29) is 33.9 Å². The van der Waals surface area contributed by atoms with Crippen molar-refractivity contribution in [1.29, 1.82) is 0 Å². The summed E-state index contributed by atoms with van der Waals surface area (Å²) in [6.07, 6.45) is 6.00. The second-order valence-corrected chi connectivity index (χ2v) is 9.72. The zero-order chi connectivity index (χ0) is 30.8. The largest absolute Gasteiger partial charge is 0.507 e. The maximum absolute atomic E-state index is 15.1. The molecular weight excluding hydrogens is 561 g/mol. The second-order valence-electron chi connectivity index (χ2n) is 9.32. The van der Waals surface area contributed by atoms with Crippen molar-refractivity contribution in [1.82, 2.24) is 25.2 Å². The van der Waals surface area contributed by atoms with Gasteiger partial charge in [0.05, 0.1) is 38.9 Å². The van der Waals surface area contributed by atoms with Crippen molar-refractivity contribution in [2.24, 2.45) is 4.99 Å². The van der Waals surface area contributed by atoms with E-state index in [0.717, 1.165) is 0 Å². The number of benzene rings is 1. The molecule has 0 radical (unpaired) electrons. The average Bonchev–Trinajstić information content (AvgIpc) is 2.99. The number of carbonyl (C=O) groups excluding carboxylic acids is 2. The molecule has 0 spiro atoms. The first kappa shape index (κ1) is 32.1. The number of phenolic OH excluding ortho intramolecular Hbond substituents is 1. The van der Waals surface area contributed by atoms with E-state index in [9.17, 15) is 14.7 Å². The zero-order valence-corrected chi connectivity index (χ0v) is 24.9. The minimum atomic E-state index is -0.738. The first-order valence-corrected chi connectivity index (χ1v) is 13.9. The fourth-order valence-electron chi connectivity index (χ4n) is 4.71. The molecule has 0 saturated carbocycles. The van der Waals surface area contributed by atoms with Gasteiger partial charge >= 0.3 is 0 Å². The van der Waals surface area contributed by atoms with Crippen molar-refractivity contribution in [2.75, 3.05) is 25.0 Å². The topological polar surface area (TPSA) is 124 Å². The van der Waals surface area contributed by atoms with Crippen molar-refractivity contribution < 1.29 is 19.1 Å². The summed E-state index contributed by atoms with van der Waals surface area (Å²) in [6.45, 7) is 10.3. The number of pyridine rings is 1. The number of amidine groups is 1. The number of aryl methyl sites for hydroxylation is 2. The van der Waals surface area contributed by atoms with Gasteiger partial charge in [-0.1, -0.05) is 37.6 Å². The van der Waals surface area contributed by atoms with E-state index in [1.807, 2.05) is 25.7 Å². The highest BCUT2D eigenvalue weighted by atomic mass is 35.5. The first-order chi connectivity index (χ1) is 20.3. The molecule has 1 atom stereocenters. The number of anilines is 2. The van der Waals surface area contributed by atoms with Crippen LogP contribution in [-0.2, 0) is 22.4 Å². The van der Waals surface area contributed by atoms with Crippen LogP contribution in [0.5, 0.6) is 5.75 Å². The lowest BCUT2D eigenvalue weighted by Crippen LogP contribution is -2.45. The molecular formula is C30H35ClFN7O3. The molecule has 0 bridgehead atoms. The van der Waals surface area contributed by atoms with Gasteiger partial charge in [-0.25, -0.2) is 19.3 Å². The molecule has 1 unspecified atom stereocenters. The predicted molar refractivity (Wildman–Crippen MR) is 163 cm³/mol. The zero-order valence-electron chi connectivity index (χ0n) is 24.1. The SMILES string of the molecule is C=CCCN(/C(=N/C)c1cc(Cl)c(-c2c(O)cccc2F)nc1N(C=O)c1c(CC)ncnc1CC)C(C)CNC=O. The highest BCUT2D eigenvalue weighted by Crippen LogP contribution is 2.40. The standard InChI is InChI=1S/C30H35ClFN7O3/c1-6-9-13-38(19(4)15-34-17-40)29(33-5)20-14-21(31)27(26-22(32)11-10-12-25(26)42)37-30(20)39(18-41)28-23(7-2)35-16-36-24(28)8-3/h6,10-12,14,16-19,42H,1,7-9,13,15H2,2-5H3,(H,34,40)/b33-29+. The summed E-state index contributed by atoms with van der Waals surface area (Å²) in [5.74, 6) is -0.591. The molecule has 0 aliphatic heterocycles. The van der Waals surface area contributed by atoms with Crippen LogP contribution in [0.1, 0.15) is 44.1 Å². The fourth-order valence-corrected chi connectivity index (χ4v) is 4.95. The lowest BCUT2D eigenvalue weighted by atomic mass is 10.0. The van der Waals surface area contributed by atoms with Crippen LogP contribution in [0.15, 0.2) is 48.2 Å². The van der Waals surface area contributed by atoms with E-state index in [0.29, 0.717) is 73.6 Å². The van der Waals surface area contributed by atoms with Gasteiger partial charge in [-0.3, -0.25) is 19.5 Å². The maximum Gasteiger partial charge on any atom is 0.220 e. The Morgan fingerprint density at radius 3 is 2.48 bits per heavy atom. The van der Waals surface area contributed by atoms with Gasteiger partial charge in [-0.2, -0.15) is 0 Å². The Kier molecular flexibility index (Phi) is 11.5. The molecule has 10 nitrogen and oxygen atoms in total. The van der Waals surface area contributed by atoms with Crippen LogP contribution < -0.4 is 10.2 Å². The van der Waals surface area contributed by atoms with Crippen LogP contribution in [0.2, 0.25) is 5.02 Å². The normalized spacial score (nSPS) is 12.0. The number of nitrogens with zero attached hydrogens (tertiary/aromatic N) is 6. The number of amides is 2. The van der Waals surface area contributed by atoms with Crippen LogP contribution >= 0.6 is 11.6 Å². The van der Waals surface area contributed by atoms with Crippen LogP contribution in [-0.4, -0.2) is 69.8 Å². The number of aromatic nitrogens is 3. The molecule has 0 saturated heterocycles. The summed E-state index contributed by atoms with van der Waals surface area (Å²) < 4.78 is 15.1. The van der Waals surface area contributed by atoms with E-state index in [1.165, 1.54) is 29.4 Å². The third-order valence-corrected chi connectivity index (χ3v) is 7.02. The molecule has 222 valence electrons. The molecule has 12 heteroatoms. The highest BCUT2D eigenvalue weighted by Gasteiger charge is 2.30. The smallest absolute Gasteiger partial charge is 0.220 e. The Balaban J connectivity index is 2.42. The third kappa shape index (κ3) is 6.73. The summed E-state index contributed by atoms with van der Waals surface area (Å²) in [6, 6.07) is 5.19. The fraction of sp³-hybridized carbons (Fsp3) is 0.333. The van der Waals surface area contributed by atoms with Crippen LogP contribution in [0, 0.1) is 5.82 Å². The van der Waals surface area contributed by atoms with Gasteiger partial charge in [0.15, 0.2) is 5.82 Å². The van der Waals surface area contributed by atoms with Crippen molar-refractivity contribution in [3.8, 4) is 17.0 Å². The number of halogens is 2. The molecule has 1 aromatic carbocycles. The molecule has 0 aliphatic carbocycles. The number of carbonyl (C=O) groups is 2. The van der Waals surface area contributed by atoms with Gasteiger partial charge in [-0.05, 0) is 44.4 Å². The second kappa shape index (κ2) is 15.0. The molecule has 2 heterocycles. The number of hydrogen-bond donors (Lipinski definition) is 2. The van der Waals surface area contributed by atoms with E-state index in [4.69, 9.17) is 16.6 Å². The Morgan fingerprint density at radius 1 is 1.24 bits per heavy atom. The number of nitrogens with one attached hydrogen (secondary N) is 1. The van der Waals surface area contributed by atoms with E-state index >= 15 is 4.39 Å². The van der Waals surface area contributed by atoms with Gasteiger partial charge < -0.3 is 15.3 Å². The minimum absolute atomic E-state index is 0.0271. The van der Waals surface area contributed by atoms with Gasteiger partial charge in [0, 0.05) is 26.2 Å². The number of hydrogen-bond acceptors (Lipinski definition) is 7. The lowest BCUT2D eigenvalue weighted by molar-refractivity contribution is -0.109. The van der Waals surface area contributed by atoms with Gasteiger partial charge in [0.2, 0.25) is 12.8 Å². The molecule has 0 aliphatic rings. The number of aliphatic imine (C=N–C) groups is 1. The first-order valence-electron chi connectivity index (χ1n) is 13.5. The van der Waals surface area contributed by atoms with Gasteiger partial charge in [0.1, 0.15) is 23.7 Å². The summed E-state index contributed by atoms with van der Waals surface area (Å²) in [7, 11) is 1.59. The Hall–Kier alpha value is -4.38. The molecule has 3 rings (SSSR count). The van der Waals surface area contributed by atoms with Crippen molar-refractivity contribution >= 4 is 41.8 Å². The highest BCUT2D eigenvalue weighted by molar-refractivity contribution is 6.33. The van der Waals surface area contributed by atoms with E-state index in [2.05, 4.69) is 26.9 Å². The van der Waals surface area contributed by atoms with Gasteiger partial charge in [-0.15, -0.1) is 6.58 Å². The van der Waals surface area contributed by atoms with Crippen LogP contribution in [0.25, 0.3) is 11.3 Å². The number of phenols is 1. The van der Waals surface area contributed by atoms with Crippen molar-refractivity contribution in [2.45, 2.75) is 46.1 Å². The Labute approximate surface area is 250 Å². The molecule has 2 aromatic heterocycles. The maximum atomic E-state index is 15.1. The minimum Gasteiger partial charge on any atom is -0.507 e. The van der Waals surface area contributed by atoms with Crippen LogP contribution in [0.3, 0.4) is 0 Å². The molecule has 2 amide bonds. The number of aromatic hydroxyl groups is 1. The predicted octanol–water partition coefficient (Wildman–Crippen LogP) is 4.85. The molecule has 42 heavy (non-hydrogen) atoms. The molecule has 0 fully saturated rings. The lowest BCUT2D eigenvalue weighted by Gasteiger charge is -2.34. The summed E-state index contributed by atoms with van der Waals surface area (Å²) >= 11 is 6.74. The Morgan fingerprint density at radius 2 is 1.93 bits per heavy atom. The summed E-state index contributed by atoms with van der Waals surface area (Å²) in [4.78, 5) is 45.4. The quantitative estimate of drug-likeness (QED) is 0.118. The summed E-state index contributed by atoms with van der Waals surface area (Å²) in [5.41, 5.74) is 1.75. The van der Waals surface area contributed by atoms with E-state index in [1.54, 1.807) is 19.2 Å². The summed E-state index contributed by atoms with van der Waals surface area (Å²) in [5, 5.41) is 13.3. The third-order valence-electron chi connectivity index (χ3n) is 6.73. The van der Waals surface area contributed by atoms with Crippen LogP contribution in [0.4, 0.5) is 15.9 Å².